The number of imidazole rings is 1. The average molecular weight is 309 g/mol. The van der Waals surface area contributed by atoms with Gasteiger partial charge in [-0.2, -0.15) is 0 Å². The standard InChI is InChI=1S/C18H16N2OS/c1-20-12-11-19-18(20)22-13-17(21)16-9-7-15(8-10-16)14-5-3-2-4-6-14/h2-12H,13H2,1H3/p+1. The topological polar surface area (TPSA) is 36.7 Å². The lowest BCUT2D eigenvalue weighted by Gasteiger charge is -2.03. The number of hydrogen-bond donors (Lipinski definition) is 1. The van der Waals surface area contributed by atoms with Gasteiger partial charge >= 0.3 is 5.16 Å². The number of benzene rings is 2. The van der Waals surface area contributed by atoms with Gasteiger partial charge < -0.3 is 0 Å². The van der Waals surface area contributed by atoms with Gasteiger partial charge in [0.25, 0.3) is 0 Å². The molecule has 3 aromatic rings. The van der Waals surface area contributed by atoms with E-state index in [2.05, 4.69) is 17.1 Å². The third kappa shape index (κ3) is 3.28. The first-order chi connectivity index (χ1) is 10.7. The molecule has 0 fully saturated rings. The minimum atomic E-state index is 0.138. The number of carbonyl (C=O) groups is 1. The summed E-state index contributed by atoms with van der Waals surface area (Å²) in [6.07, 6.45) is 3.79. The molecule has 3 rings (SSSR count). The molecule has 0 spiro atoms. The predicted molar refractivity (Wildman–Crippen MR) is 88.9 cm³/mol. The number of H-pyrrole nitrogens is 1. The van der Waals surface area contributed by atoms with Crippen molar-refractivity contribution in [1.29, 1.82) is 0 Å². The lowest BCUT2D eigenvalue weighted by molar-refractivity contribution is -0.708. The van der Waals surface area contributed by atoms with Gasteiger partial charge in [-0.3, -0.25) is 4.79 Å². The minimum absolute atomic E-state index is 0.138. The van der Waals surface area contributed by atoms with Crippen LogP contribution in [0.25, 0.3) is 11.1 Å². The minimum Gasteiger partial charge on any atom is -0.293 e. The molecule has 0 saturated heterocycles. The summed E-state index contributed by atoms with van der Waals surface area (Å²) in [7, 11) is 1.96. The van der Waals surface area contributed by atoms with Crippen molar-refractivity contribution in [2.45, 2.75) is 5.16 Å². The summed E-state index contributed by atoms with van der Waals surface area (Å²) in [6.45, 7) is 0. The molecule has 0 unspecified atom stereocenters. The summed E-state index contributed by atoms with van der Waals surface area (Å²) >= 11 is 1.52. The molecule has 22 heavy (non-hydrogen) atoms. The second-order valence-corrected chi connectivity index (χ2v) is 6.00. The van der Waals surface area contributed by atoms with Crippen LogP contribution in [0.4, 0.5) is 0 Å². The van der Waals surface area contributed by atoms with Crippen LogP contribution in [0.3, 0.4) is 0 Å². The molecule has 0 aliphatic rings. The molecule has 0 saturated carbocycles. The molecule has 2 aromatic carbocycles. The Bertz CT molecular complexity index is 763. The zero-order valence-electron chi connectivity index (χ0n) is 12.3. The van der Waals surface area contributed by atoms with E-state index in [1.807, 2.05) is 66.5 Å². The molecular formula is C18H17N2OS+. The smallest absolute Gasteiger partial charge is 0.293 e. The Hall–Kier alpha value is -2.33. The zero-order chi connectivity index (χ0) is 15.4. The summed E-state index contributed by atoms with van der Waals surface area (Å²) in [4.78, 5) is 15.4. The Kier molecular flexibility index (Phi) is 4.39. The van der Waals surface area contributed by atoms with Crippen LogP contribution in [0, 0.1) is 0 Å². The molecule has 1 aromatic heterocycles. The summed E-state index contributed by atoms with van der Waals surface area (Å²) in [5.74, 6) is 0.568. The van der Waals surface area contributed by atoms with Crippen LogP contribution in [-0.4, -0.2) is 16.5 Å². The Balaban J connectivity index is 1.67. The number of carbonyl (C=O) groups excluding carboxylic acids is 1. The summed E-state index contributed by atoms with van der Waals surface area (Å²) in [5.41, 5.74) is 3.04. The van der Waals surface area contributed by atoms with Gasteiger partial charge in [-0.25, -0.2) is 9.55 Å². The number of hydrogen-bond acceptors (Lipinski definition) is 2. The number of aromatic nitrogens is 2. The largest absolute Gasteiger partial charge is 0.315 e. The normalized spacial score (nSPS) is 10.6. The number of rotatable bonds is 5. The number of aryl methyl sites for hydroxylation is 1. The van der Waals surface area contributed by atoms with Crippen molar-refractivity contribution in [2.24, 2.45) is 7.05 Å². The highest BCUT2D eigenvalue weighted by Gasteiger charge is 2.12. The van der Waals surface area contributed by atoms with Crippen LogP contribution >= 0.6 is 11.8 Å². The second-order valence-electron chi connectivity index (χ2n) is 5.03. The molecular weight excluding hydrogens is 292 g/mol. The summed E-state index contributed by atoms with van der Waals surface area (Å²) in [6, 6.07) is 18.0. The first-order valence-corrected chi connectivity index (χ1v) is 8.07. The molecule has 0 aliphatic carbocycles. The Morgan fingerprint density at radius 3 is 2.36 bits per heavy atom. The Morgan fingerprint density at radius 2 is 1.73 bits per heavy atom. The predicted octanol–water partition coefficient (Wildman–Crippen LogP) is 3.48. The molecule has 0 atom stereocenters. The Morgan fingerprint density at radius 1 is 1.05 bits per heavy atom. The van der Waals surface area contributed by atoms with Gasteiger partial charge in [0, 0.05) is 5.56 Å². The van der Waals surface area contributed by atoms with Crippen LogP contribution in [0.5, 0.6) is 0 Å². The first-order valence-electron chi connectivity index (χ1n) is 7.08. The van der Waals surface area contributed by atoms with Crippen molar-refractivity contribution in [3.63, 3.8) is 0 Å². The van der Waals surface area contributed by atoms with Crippen molar-refractivity contribution >= 4 is 17.5 Å². The van der Waals surface area contributed by atoms with E-state index in [1.54, 1.807) is 0 Å². The molecule has 0 amide bonds. The molecule has 0 radical (unpaired) electrons. The van der Waals surface area contributed by atoms with Gasteiger partial charge in [-0.05, 0) is 22.9 Å². The maximum Gasteiger partial charge on any atom is 0.315 e. The SMILES string of the molecule is C[n+]1cc[nH]c1SCC(=O)c1ccc(-c2ccccc2)cc1. The van der Waals surface area contributed by atoms with E-state index < -0.39 is 0 Å². The fourth-order valence-corrected chi connectivity index (χ4v) is 3.08. The summed E-state index contributed by atoms with van der Waals surface area (Å²) < 4.78 is 1.97. The average Bonchev–Trinajstić information content (AvgIpc) is 2.99. The molecule has 4 heteroatoms. The van der Waals surface area contributed by atoms with Crippen molar-refractivity contribution < 1.29 is 9.36 Å². The van der Waals surface area contributed by atoms with Crippen LogP contribution < -0.4 is 4.57 Å². The van der Waals surface area contributed by atoms with Crippen molar-refractivity contribution in [3.8, 4) is 11.1 Å². The van der Waals surface area contributed by atoms with E-state index in [4.69, 9.17) is 0 Å². The van der Waals surface area contributed by atoms with Crippen LogP contribution in [0.1, 0.15) is 10.4 Å². The lowest BCUT2D eigenvalue weighted by Crippen LogP contribution is -2.27. The quantitative estimate of drug-likeness (QED) is 0.445. The highest BCUT2D eigenvalue weighted by atomic mass is 32.2. The van der Waals surface area contributed by atoms with E-state index in [1.165, 1.54) is 11.8 Å². The number of Topliss-reactive ketones (excluding diaryl/α,β-unsaturated/α-hetero) is 1. The molecule has 3 nitrogen and oxygen atoms in total. The van der Waals surface area contributed by atoms with E-state index in [-0.39, 0.29) is 5.78 Å². The van der Waals surface area contributed by atoms with Gasteiger partial charge in [-0.15, -0.1) is 0 Å². The van der Waals surface area contributed by atoms with E-state index >= 15 is 0 Å². The van der Waals surface area contributed by atoms with Crippen LogP contribution in [0.2, 0.25) is 0 Å². The van der Waals surface area contributed by atoms with Crippen molar-refractivity contribution in [1.82, 2.24) is 4.98 Å². The fourth-order valence-electron chi connectivity index (χ4n) is 2.23. The molecule has 110 valence electrons. The summed E-state index contributed by atoms with van der Waals surface area (Å²) in [5, 5.41) is 0.981. The molecule has 0 bridgehead atoms. The van der Waals surface area contributed by atoms with E-state index in [0.29, 0.717) is 5.75 Å². The van der Waals surface area contributed by atoms with Crippen molar-refractivity contribution in [3.05, 3.63) is 72.6 Å². The van der Waals surface area contributed by atoms with Crippen molar-refractivity contribution in [2.75, 3.05) is 5.75 Å². The van der Waals surface area contributed by atoms with Gasteiger partial charge in [0.1, 0.15) is 12.4 Å². The van der Waals surface area contributed by atoms with Gasteiger partial charge in [0.2, 0.25) is 0 Å². The number of nitrogens with one attached hydrogen (secondary N) is 1. The number of nitrogens with zero attached hydrogens (tertiary/aromatic N) is 1. The fraction of sp³-hybridized carbons (Fsp3) is 0.111. The lowest BCUT2D eigenvalue weighted by atomic mass is 10.0. The second kappa shape index (κ2) is 6.62. The van der Waals surface area contributed by atoms with E-state index in [0.717, 1.165) is 21.8 Å². The molecule has 0 aliphatic heterocycles. The maximum absolute atomic E-state index is 12.3. The third-order valence-electron chi connectivity index (χ3n) is 3.48. The Labute approximate surface area is 134 Å². The van der Waals surface area contributed by atoms with Gasteiger partial charge in [0.05, 0.1) is 12.8 Å². The molecule has 1 N–H and O–H groups in total. The zero-order valence-corrected chi connectivity index (χ0v) is 13.1. The maximum atomic E-state index is 12.3. The van der Waals surface area contributed by atoms with Gasteiger partial charge in [-0.1, -0.05) is 54.6 Å². The highest BCUT2D eigenvalue weighted by molar-refractivity contribution is 7.99. The van der Waals surface area contributed by atoms with Gasteiger partial charge in [0.15, 0.2) is 5.78 Å². The highest BCUT2D eigenvalue weighted by Crippen LogP contribution is 2.20. The monoisotopic (exact) mass is 309 g/mol. The number of ketones is 1. The van der Waals surface area contributed by atoms with Crippen LogP contribution in [-0.2, 0) is 7.05 Å². The van der Waals surface area contributed by atoms with Crippen LogP contribution in [0.15, 0.2) is 72.1 Å². The molecule has 1 heterocycles. The van der Waals surface area contributed by atoms with E-state index in [9.17, 15) is 4.79 Å². The number of thioether (sulfide) groups is 1. The first kappa shape index (κ1) is 14.6. The number of aromatic amines is 1. The third-order valence-corrected chi connectivity index (χ3v) is 4.57.